The Bertz CT molecular complexity index is 2640. The third-order valence-electron chi connectivity index (χ3n) is 9.10. The Labute approximate surface area is 285 Å². The molecule has 2 nitrogen and oxygen atoms in total. The van der Waals surface area contributed by atoms with Crippen LogP contribution in [0.5, 0.6) is 0 Å². The summed E-state index contributed by atoms with van der Waals surface area (Å²) in [6.07, 6.45) is 0. The molecule has 0 atom stereocenters. The van der Waals surface area contributed by atoms with Gasteiger partial charge in [-0.1, -0.05) is 72.8 Å². The number of nitrogens with zero attached hydrogens (tertiary/aromatic N) is 2. The van der Waals surface area contributed by atoms with Crippen molar-refractivity contribution in [2.45, 2.75) is 0 Å². The Balaban J connectivity index is 1.21. The van der Waals surface area contributed by atoms with Gasteiger partial charge < -0.3 is 0 Å². The van der Waals surface area contributed by atoms with Gasteiger partial charge in [-0.3, -0.25) is 0 Å². The predicted octanol–water partition coefficient (Wildman–Crippen LogP) is 12.8. The van der Waals surface area contributed by atoms with Crippen LogP contribution in [0.15, 0.2) is 146 Å². The lowest BCUT2D eigenvalue weighted by Crippen LogP contribution is -1.88. The van der Waals surface area contributed by atoms with Gasteiger partial charge in [0.25, 0.3) is 0 Å². The molecule has 0 aliphatic rings. The largest absolute Gasteiger partial charge is 0.192 e. The second kappa shape index (κ2) is 11.3. The van der Waals surface area contributed by atoms with Crippen molar-refractivity contribution in [3.05, 3.63) is 157 Å². The molecule has 7 aromatic carbocycles. The Morgan fingerprint density at radius 1 is 0.312 bits per heavy atom. The molecule has 2 heterocycles. The van der Waals surface area contributed by atoms with E-state index < -0.39 is 0 Å². The van der Waals surface area contributed by atoms with E-state index in [1.54, 1.807) is 6.07 Å². The van der Waals surface area contributed by atoms with Gasteiger partial charge in [-0.2, -0.15) is 10.5 Å². The molecule has 9 aromatic rings. The predicted molar refractivity (Wildman–Crippen MR) is 203 cm³/mol. The van der Waals surface area contributed by atoms with Gasteiger partial charge in [0.1, 0.15) is 0 Å². The highest BCUT2D eigenvalue weighted by Gasteiger charge is 2.13. The number of thiophene rings is 2. The summed E-state index contributed by atoms with van der Waals surface area (Å²) in [5, 5.41) is 24.2. The van der Waals surface area contributed by atoms with Crippen molar-refractivity contribution in [1.29, 1.82) is 10.5 Å². The molecule has 0 fully saturated rings. The Hall–Kier alpha value is -6.04. The molecule has 4 heteroatoms. The summed E-state index contributed by atoms with van der Waals surface area (Å²) in [6, 6.07) is 55.9. The van der Waals surface area contributed by atoms with Crippen molar-refractivity contribution >= 4 is 63.0 Å². The monoisotopic (exact) mass is 644 g/mol. The number of benzene rings is 7. The summed E-state index contributed by atoms with van der Waals surface area (Å²) in [5.41, 5.74) is 9.72. The van der Waals surface area contributed by atoms with Crippen LogP contribution in [0, 0.1) is 22.7 Å². The van der Waals surface area contributed by atoms with E-state index in [0.717, 1.165) is 22.3 Å². The van der Waals surface area contributed by atoms with Crippen molar-refractivity contribution in [1.82, 2.24) is 0 Å². The summed E-state index contributed by atoms with van der Waals surface area (Å²) >= 11 is 3.68. The minimum absolute atomic E-state index is 0.483. The lowest BCUT2D eigenvalue weighted by Gasteiger charge is -2.13. The third-order valence-corrected chi connectivity index (χ3v) is 11.4. The van der Waals surface area contributed by atoms with Crippen molar-refractivity contribution in [2.24, 2.45) is 0 Å². The minimum Gasteiger partial charge on any atom is -0.192 e. The van der Waals surface area contributed by atoms with Crippen molar-refractivity contribution in [3.8, 4) is 56.6 Å². The average Bonchev–Trinajstić information content (AvgIpc) is 3.72. The molecule has 48 heavy (non-hydrogen) atoms. The first-order valence-corrected chi connectivity index (χ1v) is 17.3. The van der Waals surface area contributed by atoms with E-state index in [0.29, 0.717) is 11.1 Å². The van der Waals surface area contributed by atoms with E-state index in [1.165, 1.54) is 62.6 Å². The molecule has 0 amide bonds. The van der Waals surface area contributed by atoms with Crippen LogP contribution < -0.4 is 0 Å². The zero-order valence-corrected chi connectivity index (χ0v) is 27.2. The molecule has 222 valence electrons. The van der Waals surface area contributed by atoms with Gasteiger partial charge in [0.15, 0.2) is 0 Å². The molecular weight excluding hydrogens is 621 g/mol. The van der Waals surface area contributed by atoms with Crippen LogP contribution in [0.3, 0.4) is 0 Å². The molecule has 2 aromatic heterocycles. The Kier molecular flexibility index (Phi) is 6.66. The van der Waals surface area contributed by atoms with E-state index in [4.69, 9.17) is 0 Å². The molecule has 0 saturated heterocycles. The van der Waals surface area contributed by atoms with Gasteiger partial charge >= 0.3 is 0 Å². The number of hydrogen-bond donors (Lipinski definition) is 0. The maximum Gasteiger partial charge on any atom is 0.0992 e. The van der Waals surface area contributed by atoms with Crippen LogP contribution in [0.25, 0.3) is 84.9 Å². The number of rotatable bonds is 4. The SMILES string of the molecule is N#Cc1cc(C#N)cc(-c2ccc(-c3cc(-c4ccc5sc6ccccc6c5c4)cc(-c4ccc5sc6ccccc6c5c4)c3)cc2)c1. The lowest BCUT2D eigenvalue weighted by molar-refractivity contribution is 1.44. The number of nitriles is 2. The van der Waals surface area contributed by atoms with Crippen LogP contribution in [0.2, 0.25) is 0 Å². The fraction of sp³-hybridized carbons (Fsp3) is 0. The molecule has 0 unspecified atom stereocenters. The fourth-order valence-corrected chi connectivity index (χ4v) is 8.89. The highest BCUT2D eigenvalue weighted by molar-refractivity contribution is 7.26. The molecule has 0 bridgehead atoms. The first kappa shape index (κ1) is 28.2. The van der Waals surface area contributed by atoms with Crippen LogP contribution in [0.1, 0.15) is 11.1 Å². The number of fused-ring (bicyclic) bond motifs is 6. The van der Waals surface area contributed by atoms with Gasteiger partial charge in [-0.15, -0.1) is 22.7 Å². The van der Waals surface area contributed by atoms with E-state index in [1.807, 2.05) is 34.8 Å². The molecule has 0 radical (unpaired) electrons. The zero-order chi connectivity index (χ0) is 32.2. The normalized spacial score (nSPS) is 11.3. The van der Waals surface area contributed by atoms with Crippen LogP contribution in [-0.4, -0.2) is 0 Å². The van der Waals surface area contributed by atoms with Gasteiger partial charge in [-0.25, -0.2) is 0 Å². The molecule has 9 rings (SSSR count). The highest BCUT2D eigenvalue weighted by Crippen LogP contribution is 2.41. The topological polar surface area (TPSA) is 47.6 Å². The van der Waals surface area contributed by atoms with Crippen LogP contribution in [-0.2, 0) is 0 Å². The molecule has 0 spiro atoms. The van der Waals surface area contributed by atoms with E-state index in [-0.39, 0.29) is 0 Å². The quantitative estimate of drug-likeness (QED) is 0.191. The molecule has 0 aliphatic carbocycles. The fourth-order valence-electron chi connectivity index (χ4n) is 6.72. The molecule has 0 N–H and O–H groups in total. The molecule has 0 saturated carbocycles. The lowest BCUT2D eigenvalue weighted by atomic mass is 9.91. The summed E-state index contributed by atoms with van der Waals surface area (Å²) < 4.78 is 5.19. The summed E-state index contributed by atoms with van der Waals surface area (Å²) in [7, 11) is 0. The Morgan fingerprint density at radius 2 is 0.688 bits per heavy atom. The van der Waals surface area contributed by atoms with Gasteiger partial charge in [0.05, 0.1) is 23.3 Å². The summed E-state index contributed by atoms with van der Waals surface area (Å²) in [5.74, 6) is 0. The standard InChI is InChI=1S/C44H24N2S2/c45-25-27-17-28(26-46)19-33(18-27)29-9-11-30(12-10-29)34-20-35(31-13-15-43-39(23-31)37-5-1-3-7-41(37)47-43)22-36(21-34)32-14-16-44-40(24-32)38-6-2-4-8-42(38)48-44/h1-24H. The Morgan fingerprint density at radius 3 is 1.15 bits per heavy atom. The second-order valence-corrected chi connectivity index (χ2v) is 14.2. The third kappa shape index (κ3) is 4.84. The zero-order valence-electron chi connectivity index (χ0n) is 25.6. The number of hydrogen-bond acceptors (Lipinski definition) is 4. The maximum atomic E-state index is 9.50. The van der Waals surface area contributed by atoms with Crippen molar-refractivity contribution < 1.29 is 0 Å². The van der Waals surface area contributed by atoms with Gasteiger partial charge in [-0.05, 0) is 117 Å². The molecular formula is C44H24N2S2. The van der Waals surface area contributed by atoms with Crippen molar-refractivity contribution in [2.75, 3.05) is 0 Å². The van der Waals surface area contributed by atoms with Crippen molar-refractivity contribution in [3.63, 3.8) is 0 Å². The summed E-state index contributed by atoms with van der Waals surface area (Å²) in [6.45, 7) is 0. The first-order chi connectivity index (χ1) is 23.6. The van der Waals surface area contributed by atoms with E-state index in [9.17, 15) is 10.5 Å². The minimum atomic E-state index is 0.483. The molecule has 0 aliphatic heterocycles. The smallest absolute Gasteiger partial charge is 0.0992 e. The summed E-state index contributed by atoms with van der Waals surface area (Å²) in [4.78, 5) is 0. The van der Waals surface area contributed by atoms with Crippen LogP contribution in [0.4, 0.5) is 0 Å². The van der Waals surface area contributed by atoms with Crippen LogP contribution >= 0.6 is 22.7 Å². The van der Waals surface area contributed by atoms with E-state index in [2.05, 4.69) is 140 Å². The highest BCUT2D eigenvalue weighted by atomic mass is 32.1. The van der Waals surface area contributed by atoms with E-state index >= 15 is 0 Å². The maximum absolute atomic E-state index is 9.50. The first-order valence-electron chi connectivity index (χ1n) is 15.7. The van der Waals surface area contributed by atoms with Gasteiger partial charge in [0, 0.05) is 40.3 Å². The average molecular weight is 645 g/mol. The van der Waals surface area contributed by atoms with Gasteiger partial charge in [0.2, 0.25) is 0 Å². The second-order valence-electron chi connectivity index (χ2n) is 12.0.